The number of aromatic amines is 1. The van der Waals surface area contributed by atoms with Crippen molar-refractivity contribution in [3.05, 3.63) is 17.5 Å². The normalized spacial score (nSPS) is 17.9. The topological polar surface area (TPSA) is 81.2 Å². The molecule has 22 heavy (non-hydrogen) atoms. The molecule has 1 amide bonds. The monoisotopic (exact) mass is 308 g/mol. The number of carbonyl (C=O) groups excluding carboxylic acids is 1. The van der Waals surface area contributed by atoms with Crippen molar-refractivity contribution in [2.24, 2.45) is 0 Å². The number of β-amino-alcohol motifs (C(OH)–C–C–N with tert-alkyl or cyclic N) is 1. The minimum Gasteiger partial charge on any atom is -0.390 e. The maximum absolute atomic E-state index is 12.0. The largest absolute Gasteiger partial charge is 0.390 e. The van der Waals surface area contributed by atoms with Gasteiger partial charge in [-0.15, -0.1) is 0 Å². The number of rotatable bonds is 7. The lowest BCUT2D eigenvalue weighted by molar-refractivity contribution is 0.0858. The smallest absolute Gasteiger partial charge is 0.271 e. The number of aliphatic hydroxyl groups is 1. The number of aromatic nitrogens is 2. The van der Waals surface area contributed by atoms with Gasteiger partial charge in [-0.3, -0.25) is 9.89 Å². The predicted molar refractivity (Wildman–Crippen MR) is 85.8 cm³/mol. The Hall–Kier alpha value is -1.40. The molecule has 3 N–H and O–H groups in total. The van der Waals surface area contributed by atoms with Crippen molar-refractivity contribution in [2.45, 2.75) is 51.6 Å². The van der Waals surface area contributed by atoms with E-state index in [2.05, 4.69) is 27.3 Å². The Morgan fingerprint density at radius 2 is 2.14 bits per heavy atom. The fourth-order valence-electron chi connectivity index (χ4n) is 2.86. The zero-order valence-electron chi connectivity index (χ0n) is 13.5. The molecular formula is C16H28N4O2. The van der Waals surface area contributed by atoms with Gasteiger partial charge >= 0.3 is 0 Å². The Bertz CT molecular complexity index is 453. The van der Waals surface area contributed by atoms with Crippen molar-refractivity contribution in [2.75, 3.05) is 26.2 Å². The quantitative estimate of drug-likeness (QED) is 0.710. The van der Waals surface area contributed by atoms with Crippen LogP contribution in [0.25, 0.3) is 0 Å². The van der Waals surface area contributed by atoms with E-state index in [4.69, 9.17) is 0 Å². The SMILES string of the molecule is CCCc1cc(C(=O)NC[C@H](O)CN2CCCCCC2)n[nH]1. The number of likely N-dealkylation sites (tertiary alicyclic amines) is 1. The van der Waals surface area contributed by atoms with Crippen LogP contribution in [0.1, 0.15) is 55.2 Å². The summed E-state index contributed by atoms with van der Waals surface area (Å²) in [5.74, 6) is -0.228. The van der Waals surface area contributed by atoms with Crippen LogP contribution in [-0.4, -0.2) is 58.4 Å². The van der Waals surface area contributed by atoms with E-state index in [1.165, 1.54) is 25.7 Å². The summed E-state index contributed by atoms with van der Waals surface area (Å²) in [6.45, 7) is 5.07. The third kappa shape index (κ3) is 5.42. The van der Waals surface area contributed by atoms with Crippen molar-refractivity contribution >= 4 is 5.91 Å². The molecule has 1 aromatic heterocycles. The molecule has 1 atom stereocenters. The fourth-order valence-corrected chi connectivity index (χ4v) is 2.86. The van der Waals surface area contributed by atoms with Gasteiger partial charge in [-0.2, -0.15) is 5.10 Å². The summed E-state index contributed by atoms with van der Waals surface area (Å²) in [6, 6.07) is 1.78. The van der Waals surface area contributed by atoms with Crippen LogP contribution >= 0.6 is 0 Å². The maximum atomic E-state index is 12.0. The Morgan fingerprint density at radius 3 is 2.82 bits per heavy atom. The van der Waals surface area contributed by atoms with Crippen molar-refractivity contribution < 1.29 is 9.90 Å². The first-order chi connectivity index (χ1) is 10.7. The van der Waals surface area contributed by atoms with Crippen LogP contribution in [0.4, 0.5) is 0 Å². The first kappa shape index (κ1) is 17.0. The second-order valence-electron chi connectivity index (χ2n) is 6.11. The number of aliphatic hydroxyl groups excluding tert-OH is 1. The minimum absolute atomic E-state index is 0.228. The van der Waals surface area contributed by atoms with E-state index >= 15 is 0 Å². The van der Waals surface area contributed by atoms with E-state index in [-0.39, 0.29) is 12.5 Å². The van der Waals surface area contributed by atoms with Crippen molar-refractivity contribution in [1.82, 2.24) is 20.4 Å². The number of nitrogens with one attached hydrogen (secondary N) is 2. The van der Waals surface area contributed by atoms with E-state index in [1.54, 1.807) is 6.07 Å². The van der Waals surface area contributed by atoms with Gasteiger partial charge in [0.2, 0.25) is 0 Å². The number of nitrogens with zero attached hydrogens (tertiary/aromatic N) is 2. The van der Waals surface area contributed by atoms with Gasteiger partial charge in [0, 0.05) is 18.8 Å². The average Bonchev–Trinajstić information content (AvgIpc) is 2.82. The fraction of sp³-hybridized carbons (Fsp3) is 0.750. The molecule has 0 aliphatic carbocycles. The van der Waals surface area contributed by atoms with E-state index in [1.807, 2.05) is 0 Å². The summed E-state index contributed by atoms with van der Waals surface area (Å²) in [5, 5.41) is 19.7. The molecule has 6 heteroatoms. The van der Waals surface area contributed by atoms with Crippen molar-refractivity contribution in [3.63, 3.8) is 0 Å². The zero-order chi connectivity index (χ0) is 15.8. The molecule has 2 heterocycles. The van der Waals surface area contributed by atoms with Crippen LogP contribution < -0.4 is 5.32 Å². The first-order valence-electron chi connectivity index (χ1n) is 8.42. The highest BCUT2D eigenvalue weighted by molar-refractivity contribution is 5.92. The lowest BCUT2D eigenvalue weighted by Crippen LogP contribution is -2.40. The number of amides is 1. The summed E-state index contributed by atoms with van der Waals surface area (Å²) in [7, 11) is 0. The molecule has 0 spiro atoms. The van der Waals surface area contributed by atoms with E-state index in [0.717, 1.165) is 31.6 Å². The summed E-state index contributed by atoms with van der Waals surface area (Å²) < 4.78 is 0. The van der Waals surface area contributed by atoms with E-state index < -0.39 is 6.10 Å². The molecular weight excluding hydrogens is 280 g/mol. The van der Waals surface area contributed by atoms with Crippen LogP contribution in [0, 0.1) is 0 Å². The van der Waals surface area contributed by atoms with Gasteiger partial charge in [0.05, 0.1) is 6.10 Å². The molecule has 1 aromatic rings. The van der Waals surface area contributed by atoms with Gasteiger partial charge in [0.25, 0.3) is 5.91 Å². The molecule has 2 rings (SSSR count). The molecule has 0 radical (unpaired) electrons. The Morgan fingerprint density at radius 1 is 1.41 bits per heavy atom. The minimum atomic E-state index is -0.531. The summed E-state index contributed by atoms with van der Waals surface area (Å²) in [5.41, 5.74) is 1.36. The number of H-pyrrole nitrogens is 1. The van der Waals surface area contributed by atoms with E-state index in [0.29, 0.717) is 12.2 Å². The molecule has 0 bridgehead atoms. The van der Waals surface area contributed by atoms with Crippen LogP contribution in [0.15, 0.2) is 6.07 Å². The maximum Gasteiger partial charge on any atom is 0.271 e. The number of hydrogen-bond donors (Lipinski definition) is 3. The van der Waals surface area contributed by atoms with Gasteiger partial charge in [0.15, 0.2) is 0 Å². The Balaban J connectivity index is 1.72. The number of carbonyl (C=O) groups is 1. The van der Waals surface area contributed by atoms with Crippen LogP contribution in [0.5, 0.6) is 0 Å². The highest BCUT2D eigenvalue weighted by Crippen LogP contribution is 2.09. The predicted octanol–water partition coefficient (Wildman–Crippen LogP) is 1.33. The lowest BCUT2D eigenvalue weighted by Gasteiger charge is -2.23. The molecule has 124 valence electrons. The molecule has 1 aliphatic rings. The second kappa shape index (κ2) is 8.90. The van der Waals surface area contributed by atoms with Crippen LogP contribution in [0.3, 0.4) is 0 Å². The third-order valence-corrected chi connectivity index (χ3v) is 4.05. The van der Waals surface area contributed by atoms with Crippen LogP contribution in [0.2, 0.25) is 0 Å². The highest BCUT2D eigenvalue weighted by atomic mass is 16.3. The van der Waals surface area contributed by atoms with Gasteiger partial charge in [-0.25, -0.2) is 0 Å². The van der Waals surface area contributed by atoms with Gasteiger partial charge in [-0.05, 0) is 38.4 Å². The Labute approximate surface area is 132 Å². The zero-order valence-corrected chi connectivity index (χ0v) is 13.5. The van der Waals surface area contributed by atoms with Crippen molar-refractivity contribution in [3.8, 4) is 0 Å². The molecule has 1 fully saturated rings. The molecule has 0 saturated carbocycles. The van der Waals surface area contributed by atoms with Gasteiger partial charge in [-0.1, -0.05) is 26.2 Å². The number of aryl methyl sites for hydroxylation is 1. The standard InChI is InChI=1S/C16H28N4O2/c1-2-7-13-10-15(19-18-13)16(22)17-11-14(21)12-20-8-5-3-4-6-9-20/h10,14,21H,2-9,11-12H2,1H3,(H,17,22)(H,18,19)/t14-/m0/s1. The number of hydrogen-bond acceptors (Lipinski definition) is 4. The second-order valence-corrected chi connectivity index (χ2v) is 6.11. The van der Waals surface area contributed by atoms with E-state index in [9.17, 15) is 9.90 Å². The molecule has 1 aliphatic heterocycles. The lowest BCUT2D eigenvalue weighted by atomic mass is 10.2. The third-order valence-electron chi connectivity index (χ3n) is 4.05. The van der Waals surface area contributed by atoms with Crippen molar-refractivity contribution in [1.29, 1.82) is 0 Å². The highest BCUT2D eigenvalue weighted by Gasteiger charge is 2.16. The van der Waals surface area contributed by atoms with Gasteiger partial charge < -0.3 is 15.3 Å². The Kier molecular flexibility index (Phi) is 6.86. The summed E-state index contributed by atoms with van der Waals surface area (Å²) in [4.78, 5) is 14.3. The molecule has 1 saturated heterocycles. The molecule has 0 unspecified atom stereocenters. The van der Waals surface area contributed by atoms with Gasteiger partial charge in [0.1, 0.15) is 5.69 Å². The summed E-state index contributed by atoms with van der Waals surface area (Å²) >= 11 is 0. The average molecular weight is 308 g/mol. The molecule has 0 aromatic carbocycles. The van der Waals surface area contributed by atoms with Crippen LogP contribution in [-0.2, 0) is 6.42 Å². The molecule has 6 nitrogen and oxygen atoms in total. The first-order valence-corrected chi connectivity index (χ1v) is 8.42. The summed E-state index contributed by atoms with van der Waals surface area (Å²) in [6.07, 6.45) is 6.33.